The van der Waals surface area contributed by atoms with Crippen LogP contribution in [0.5, 0.6) is 0 Å². The summed E-state index contributed by atoms with van der Waals surface area (Å²) in [6.07, 6.45) is 0. The molecule has 0 amide bonds. The zero-order valence-corrected chi connectivity index (χ0v) is 14.2. The summed E-state index contributed by atoms with van der Waals surface area (Å²) in [6.45, 7) is 2.28. The van der Waals surface area contributed by atoms with Crippen LogP contribution in [0.2, 0.25) is 5.02 Å². The van der Waals surface area contributed by atoms with Crippen LogP contribution in [0.1, 0.15) is 24.4 Å². The van der Waals surface area contributed by atoms with Crippen LogP contribution in [0.3, 0.4) is 0 Å². The molecule has 0 radical (unpaired) electrons. The first kappa shape index (κ1) is 16.1. The molecular weight excluding hydrogens is 337 g/mol. The second-order valence-electron chi connectivity index (χ2n) is 5.21. The van der Waals surface area contributed by atoms with Crippen molar-refractivity contribution >= 4 is 22.9 Å². The van der Waals surface area contributed by atoms with Gasteiger partial charge in [-0.1, -0.05) is 23.7 Å². The SMILES string of the molecule is CC(c1nnc(-c2cccs2)o1)N(C)Cc1c(F)cccc1Cl. The molecule has 0 bridgehead atoms. The van der Waals surface area contributed by atoms with E-state index < -0.39 is 0 Å². The number of hydrogen-bond donors (Lipinski definition) is 0. The van der Waals surface area contributed by atoms with Crippen LogP contribution in [0.15, 0.2) is 40.1 Å². The lowest BCUT2D eigenvalue weighted by Crippen LogP contribution is -2.23. The molecule has 0 aliphatic rings. The van der Waals surface area contributed by atoms with E-state index in [2.05, 4.69) is 10.2 Å². The lowest BCUT2D eigenvalue weighted by Gasteiger charge is -2.22. The molecule has 23 heavy (non-hydrogen) atoms. The molecule has 0 fully saturated rings. The van der Waals surface area contributed by atoms with E-state index in [1.807, 2.05) is 36.4 Å². The topological polar surface area (TPSA) is 42.2 Å². The summed E-state index contributed by atoms with van der Waals surface area (Å²) < 4.78 is 19.6. The fourth-order valence-corrected chi connectivity index (χ4v) is 3.03. The summed E-state index contributed by atoms with van der Waals surface area (Å²) >= 11 is 7.62. The lowest BCUT2D eigenvalue weighted by atomic mass is 10.1. The Morgan fingerprint density at radius 1 is 1.30 bits per heavy atom. The van der Waals surface area contributed by atoms with Gasteiger partial charge in [0.05, 0.1) is 10.9 Å². The average molecular weight is 352 g/mol. The Bertz CT molecular complexity index is 770. The lowest BCUT2D eigenvalue weighted by molar-refractivity contribution is 0.215. The standard InChI is InChI=1S/C16H15ClFN3OS/c1-10(15-19-20-16(22-15)14-7-4-8-23-14)21(2)9-11-12(17)5-3-6-13(11)18/h3-8,10H,9H2,1-2H3. The van der Waals surface area contributed by atoms with Crippen LogP contribution in [-0.4, -0.2) is 22.1 Å². The summed E-state index contributed by atoms with van der Waals surface area (Å²) in [7, 11) is 1.86. The molecule has 3 rings (SSSR count). The highest BCUT2D eigenvalue weighted by atomic mass is 35.5. The normalized spacial score (nSPS) is 12.7. The molecule has 1 aromatic carbocycles. The molecule has 0 saturated heterocycles. The first-order valence-electron chi connectivity index (χ1n) is 7.06. The smallest absolute Gasteiger partial charge is 0.257 e. The monoisotopic (exact) mass is 351 g/mol. The molecule has 0 aliphatic heterocycles. The highest BCUT2D eigenvalue weighted by molar-refractivity contribution is 7.13. The van der Waals surface area contributed by atoms with Gasteiger partial charge in [-0.3, -0.25) is 4.90 Å². The second kappa shape index (κ2) is 6.78. The minimum absolute atomic E-state index is 0.160. The predicted molar refractivity (Wildman–Crippen MR) is 88.9 cm³/mol. The number of halogens is 2. The number of nitrogens with zero attached hydrogens (tertiary/aromatic N) is 3. The van der Waals surface area contributed by atoms with Gasteiger partial charge in [-0.05, 0) is 37.6 Å². The highest BCUT2D eigenvalue weighted by Crippen LogP contribution is 2.28. The van der Waals surface area contributed by atoms with E-state index in [-0.39, 0.29) is 11.9 Å². The molecule has 1 unspecified atom stereocenters. The third kappa shape index (κ3) is 3.44. The molecule has 4 nitrogen and oxygen atoms in total. The summed E-state index contributed by atoms with van der Waals surface area (Å²) in [6, 6.07) is 8.37. The maximum absolute atomic E-state index is 13.9. The zero-order chi connectivity index (χ0) is 16.4. The molecule has 2 heterocycles. The Kier molecular flexibility index (Phi) is 4.75. The Hall–Kier alpha value is -1.76. The van der Waals surface area contributed by atoms with Crippen molar-refractivity contribution in [1.82, 2.24) is 15.1 Å². The van der Waals surface area contributed by atoms with Gasteiger partial charge in [0, 0.05) is 17.1 Å². The third-order valence-corrected chi connectivity index (χ3v) is 4.87. The molecule has 120 valence electrons. The predicted octanol–water partition coefficient (Wildman–Crippen LogP) is 4.78. The summed E-state index contributed by atoms with van der Waals surface area (Å²) in [5, 5.41) is 10.5. The zero-order valence-electron chi connectivity index (χ0n) is 12.7. The third-order valence-electron chi connectivity index (χ3n) is 3.66. The Morgan fingerprint density at radius 3 is 2.83 bits per heavy atom. The first-order chi connectivity index (χ1) is 11.1. The quantitative estimate of drug-likeness (QED) is 0.663. The minimum atomic E-state index is -0.318. The number of hydrogen-bond acceptors (Lipinski definition) is 5. The number of rotatable bonds is 5. The number of benzene rings is 1. The van der Waals surface area contributed by atoms with Gasteiger partial charge in [-0.25, -0.2) is 4.39 Å². The van der Waals surface area contributed by atoms with E-state index in [1.165, 1.54) is 17.4 Å². The van der Waals surface area contributed by atoms with Crippen LogP contribution < -0.4 is 0 Å². The molecule has 0 saturated carbocycles. The summed E-state index contributed by atoms with van der Waals surface area (Å²) in [5.41, 5.74) is 0.460. The van der Waals surface area contributed by atoms with Gasteiger partial charge in [-0.2, -0.15) is 0 Å². The highest BCUT2D eigenvalue weighted by Gasteiger charge is 2.21. The van der Waals surface area contributed by atoms with Crippen molar-refractivity contribution in [2.45, 2.75) is 19.5 Å². The van der Waals surface area contributed by atoms with Crippen LogP contribution in [0, 0.1) is 5.82 Å². The van der Waals surface area contributed by atoms with Crippen LogP contribution >= 0.6 is 22.9 Å². The van der Waals surface area contributed by atoms with Gasteiger partial charge in [-0.15, -0.1) is 21.5 Å². The van der Waals surface area contributed by atoms with Crippen molar-refractivity contribution in [3.05, 3.63) is 58.0 Å². The Labute approximate surface area is 142 Å². The average Bonchev–Trinajstić information content (AvgIpc) is 3.20. The van der Waals surface area contributed by atoms with Gasteiger partial charge < -0.3 is 4.42 Å². The fourth-order valence-electron chi connectivity index (χ4n) is 2.16. The molecular formula is C16H15ClFN3OS. The maximum Gasteiger partial charge on any atom is 0.257 e. The van der Waals surface area contributed by atoms with Crippen LogP contribution in [0.4, 0.5) is 4.39 Å². The second-order valence-corrected chi connectivity index (χ2v) is 6.57. The maximum atomic E-state index is 13.9. The molecule has 7 heteroatoms. The van der Waals surface area contributed by atoms with Crippen molar-refractivity contribution < 1.29 is 8.81 Å². The van der Waals surface area contributed by atoms with E-state index in [0.717, 1.165) is 4.88 Å². The van der Waals surface area contributed by atoms with E-state index in [4.69, 9.17) is 16.0 Å². The number of thiophene rings is 1. The van der Waals surface area contributed by atoms with Gasteiger partial charge in [0.25, 0.3) is 5.89 Å². The van der Waals surface area contributed by atoms with Gasteiger partial charge >= 0.3 is 0 Å². The Morgan fingerprint density at radius 2 is 2.13 bits per heavy atom. The van der Waals surface area contributed by atoms with Gasteiger partial charge in [0.2, 0.25) is 5.89 Å². The minimum Gasteiger partial charge on any atom is -0.418 e. The van der Waals surface area contributed by atoms with Crippen LogP contribution in [-0.2, 0) is 6.54 Å². The molecule has 0 N–H and O–H groups in total. The van der Waals surface area contributed by atoms with Crippen molar-refractivity contribution in [3.63, 3.8) is 0 Å². The first-order valence-corrected chi connectivity index (χ1v) is 8.32. The summed E-state index contributed by atoms with van der Waals surface area (Å²) in [5.74, 6) is 0.670. The van der Waals surface area contributed by atoms with Crippen molar-refractivity contribution in [2.24, 2.45) is 0 Å². The molecule has 2 aromatic heterocycles. The van der Waals surface area contributed by atoms with E-state index in [1.54, 1.807) is 12.1 Å². The molecule has 1 atom stereocenters. The molecule has 3 aromatic rings. The molecule has 0 spiro atoms. The van der Waals surface area contributed by atoms with Crippen molar-refractivity contribution in [1.29, 1.82) is 0 Å². The van der Waals surface area contributed by atoms with Gasteiger partial charge in [0.15, 0.2) is 0 Å². The van der Waals surface area contributed by atoms with Crippen molar-refractivity contribution in [3.8, 4) is 10.8 Å². The molecule has 0 aliphatic carbocycles. The fraction of sp³-hybridized carbons (Fsp3) is 0.250. The largest absolute Gasteiger partial charge is 0.418 e. The van der Waals surface area contributed by atoms with E-state index >= 15 is 0 Å². The summed E-state index contributed by atoms with van der Waals surface area (Å²) in [4.78, 5) is 2.84. The van der Waals surface area contributed by atoms with Crippen LogP contribution in [0.25, 0.3) is 10.8 Å². The Balaban J connectivity index is 1.76. The van der Waals surface area contributed by atoms with Gasteiger partial charge in [0.1, 0.15) is 5.82 Å². The van der Waals surface area contributed by atoms with E-state index in [0.29, 0.717) is 28.9 Å². The van der Waals surface area contributed by atoms with Crippen molar-refractivity contribution in [2.75, 3.05) is 7.05 Å². The van der Waals surface area contributed by atoms with E-state index in [9.17, 15) is 4.39 Å². The number of aromatic nitrogens is 2.